The van der Waals surface area contributed by atoms with Crippen molar-refractivity contribution in [2.24, 2.45) is 0 Å². The van der Waals surface area contributed by atoms with E-state index in [9.17, 15) is 5.11 Å². The van der Waals surface area contributed by atoms with Gasteiger partial charge in [-0.2, -0.15) is 0 Å². The van der Waals surface area contributed by atoms with E-state index in [0.29, 0.717) is 18.0 Å². The lowest BCUT2D eigenvalue weighted by Gasteiger charge is -2.10. The van der Waals surface area contributed by atoms with Crippen LogP contribution in [0.1, 0.15) is 17.5 Å². The topological polar surface area (TPSA) is 68.1 Å². The van der Waals surface area contributed by atoms with Crippen LogP contribution in [0.25, 0.3) is 10.9 Å². The van der Waals surface area contributed by atoms with Crippen LogP contribution >= 0.6 is 0 Å². The third-order valence-corrected chi connectivity index (χ3v) is 3.27. The number of aliphatic hydroxyl groups excluding tert-OH is 1. The predicted octanol–water partition coefficient (Wildman–Crippen LogP) is 2.31. The minimum absolute atomic E-state index is 0.394. The van der Waals surface area contributed by atoms with Crippen LogP contribution in [0.5, 0.6) is 5.88 Å². The molecular formula is C16H15N3O2. The van der Waals surface area contributed by atoms with Crippen LogP contribution in [-0.4, -0.2) is 27.2 Å². The number of aliphatic hydroxyl groups is 1. The highest BCUT2D eigenvalue weighted by Crippen LogP contribution is 2.19. The molecule has 106 valence electrons. The van der Waals surface area contributed by atoms with Crippen LogP contribution < -0.4 is 4.74 Å². The molecule has 0 aliphatic carbocycles. The second kappa shape index (κ2) is 5.85. The number of hydrogen-bond acceptors (Lipinski definition) is 5. The van der Waals surface area contributed by atoms with Crippen molar-refractivity contribution in [2.75, 3.05) is 7.11 Å². The first-order valence-corrected chi connectivity index (χ1v) is 6.65. The van der Waals surface area contributed by atoms with Crippen molar-refractivity contribution in [3.8, 4) is 5.88 Å². The predicted molar refractivity (Wildman–Crippen MR) is 79.0 cm³/mol. The fourth-order valence-corrected chi connectivity index (χ4v) is 2.17. The molecule has 5 nitrogen and oxygen atoms in total. The van der Waals surface area contributed by atoms with Gasteiger partial charge in [-0.05, 0) is 12.1 Å². The number of ether oxygens (including phenoxy) is 1. The summed E-state index contributed by atoms with van der Waals surface area (Å²) in [6.45, 7) is 0. The Morgan fingerprint density at radius 1 is 1.14 bits per heavy atom. The number of methoxy groups -OCH3 is 1. The van der Waals surface area contributed by atoms with E-state index in [1.807, 2.05) is 36.4 Å². The lowest BCUT2D eigenvalue weighted by molar-refractivity contribution is 0.171. The minimum Gasteiger partial charge on any atom is -0.481 e. The maximum absolute atomic E-state index is 10.3. The number of aromatic nitrogens is 3. The molecule has 0 saturated heterocycles. The zero-order valence-electron chi connectivity index (χ0n) is 11.6. The zero-order chi connectivity index (χ0) is 14.7. The monoisotopic (exact) mass is 281 g/mol. The van der Waals surface area contributed by atoms with E-state index in [1.54, 1.807) is 6.07 Å². The van der Waals surface area contributed by atoms with E-state index in [2.05, 4.69) is 15.0 Å². The Balaban J connectivity index is 1.83. The Bertz CT molecular complexity index is 761. The Hall–Kier alpha value is -2.53. The van der Waals surface area contributed by atoms with Crippen LogP contribution in [-0.2, 0) is 6.42 Å². The molecule has 1 N–H and O–H groups in total. The molecule has 2 aromatic heterocycles. The summed E-state index contributed by atoms with van der Waals surface area (Å²) < 4.78 is 5.04. The molecule has 2 heterocycles. The summed E-state index contributed by atoms with van der Waals surface area (Å²) in [6.07, 6.45) is 1.03. The lowest BCUT2D eigenvalue weighted by Crippen LogP contribution is -2.06. The standard InChI is InChI=1S/C16H15N3O2/c1-21-16-9-14(17-10-18-16)15(20)8-12-7-6-11-4-2-3-5-13(11)19-12/h2-7,9-10,15,20H,8H2,1H3. The molecule has 0 aliphatic heterocycles. The fourth-order valence-electron chi connectivity index (χ4n) is 2.17. The summed E-state index contributed by atoms with van der Waals surface area (Å²) in [5.41, 5.74) is 2.26. The zero-order valence-corrected chi connectivity index (χ0v) is 11.6. The molecule has 0 bridgehead atoms. The summed E-state index contributed by atoms with van der Waals surface area (Å²) in [6, 6.07) is 13.5. The highest BCUT2D eigenvalue weighted by molar-refractivity contribution is 5.78. The van der Waals surface area contributed by atoms with Gasteiger partial charge in [0.05, 0.1) is 18.3 Å². The second-order valence-corrected chi connectivity index (χ2v) is 4.70. The van der Waals surface area contributed by atoms with E-state index in [1.165, 1.54) is 13.4 Å². The van der Waals surface area contributed by atoms with Crippen molar-refractivity contribution in [1.29, 1.82) is 0 Å². The first-order valence-electron chi connectivity index (χ1n) is 6.65. The van der Waals surface area contributed by atoms with E-state index < -0.39 is 6.10 Å². The molecule has 0 fully saturated rings. The highest BCUT2D eigenvalue weighted by Gasteiger charge is 2.12. The largest absolute Gasteiger partial charge is 0.481 e. The SMILES string of the molecule is COc1cc(C(O)Cc2ccc3ccccc3n2)ncn1. The maximum atomic E-state index is 10.3. The van der Waals surface area contributed by atoms with Crippen LogP contribution in [0.2, 0.25) is 0 Å². The average Bonchev–Trinajstić information content (AvgIpc) is 2.54. The molecule has 3 rings (SSSR count). The van der Waals surface area contributed by atoms with Crippen molar-refractivity contribution in [2.45, 2.75) is 12.5 Å². The molecule has 0 radical (unpaired) electrons. The fraction of sp³-hybridized carbons (Fsp3) is 0.188. The molecule has 0 amide bonds. The number of benzene rings is 1. The van der Waals surface area contributed by atoms with Crippen molar-refractivity contribution in [1.82, 2.24) is 15.0 Å². The average molecular weight is 281 g/mol. The number of nitrogens with zero attached hydrogens (tertiary/aromatic N) is 3. The first-order chi connectivity index (χ1) is 10.3. The van der Waals surface area contributed by atoms with Gasteiger partial charge in [-0.3, -0.25) is 4.98 Å². The van der Waals surface area contributed by atoms with Gasteiger partial charge in [0.1, 0.15) is 12.4 Å². The smallest absolute Gasteiger partial charge is 0.216 e. The Labute approximate surface area is 122 Å². The summed E-state index contributed by atoms with van der Waals surface area (Å²) in [5.74, 6) is 0.436. The van der Waals surface area contributed by atoms with Crippen molar-refractivity contribution >= 4 is 10.9 Å². The molecule has 0 spiro atoms. The van der Waals surface area contributed by atoms with Gasteiger partial charge in [0.15, 0.2) is 0 Å². The van der Waals surface area contributed by atoms with Gasteiger partial charge >= 0.3 is 0 Å². The molecule has 0 saturated carbocycles. The normalized spacial score (nSPS) is 12.3. The van der Waals surface area contributed by atoms with Gasteiger partial charge in [0.25, 0.3) is 0 Å². The third-order valence-electron chi connectivity index (χ3n) is 3.27. The Kier molecular flexibility index (Phi) is 3.75. The van der Waals surface area contributed by atoms with Crippen molar-refractivity contribution in [3.63, 3.8) is 0 Å². The van der Waals surface area contributed by atoms with E-state index in [0.717, 1.165) is 16.6 Å². The lowest BCUT2D eigenvalue weighted by atomic mass is 10.1. The molecule has 1 atom stereocenters. The van der Waals surface area contributed by atoms with Crippen molar-refractivity contribution < 1.29 is 9.84 Å². The molecule has 5 heteroatoms. The molecule has 21 heavy (non-hydrogen) atoms. The van der Waals surface area contributed by atoms with Crippen LogP contribution in [0.15, 0.2) is 48.8 Å². The van der Waals surface area contributed by atoms with Crippen LogP contribution in [0.4, 0.5) is 0 Å². The summed E-state index contributed by atoms with van der Waals surface area (Å²) in [7, 11) is 1.53. The summed E-state index contributed by atoms with van der Waals surface area (Å²) >= 11 is 0. The minimum atomic E-state index is -0.740. The first kappa shape index (κ1) is 13.5. The Morgan fingerprint density at radius 2 is 2.00 bits per heavy atom. The van der Waals surface area contributed by atoms with E-state index >= 15 is 0 Å². The van der Waals surface area contributed by atoms with Crippen LogP contribution in [0, 0.1) is 0 Å². The highest BCUT2D eigenvalue weighted by atomic mass is 16.5. The van der Waals surface area contributed by atoms with Gasteiger partial charge in [-0.1, -0.05) is 24.3 Å². The maximum Gasteiger partial charge on any atom is 0.216 e. The molecule has 0 aliphatic rings. The van der Waals surface area contributed by atoms with Gasteiger partial charge < -0.3 is 9.84 Å². The molecule has 1 aromatic carbocycles. The molecule has 3 aromatic rings. The van der Waals surface area contributed by atoms with Gasteiger partial charge in [0.2, 0.25) is 5.88 Å². The number of rotatable bonds is 4. The molecular weight excluding hydrogens is 266 g/mol. The number of pyridine rings is 1. The number of para-hydroxylation sites is 1. The summed E-state index contributed by atoms with van der Waals surface area (Å²) in [5, 5.41) is 11.4. The van der Waals surface area contributed by atoms with E-state index in [-0.39, 0.29) is 0 Å². The van der Waals surface area contributed by atoms with Crippen molar-refractivity contribution in [3.05, 3.63) is 60.2 Å². The quantitative estimate of drug-likeness (QED) is 0.794. The second-order valence-electron chi connectivity index (χ2n) is 4.70. The van der Waals surface area contributed by atoms with Crippen LogP contribution in [0.3, 0.4) is 0 Å². The molecule has 1 unspecified atom stereocenters. The third kappa shape index (κ3) is 2.98. The summed E-state index contributed by atoms with van der Waals surface area (Å²) in [4.78, 5) is 12.6. The van der Waals surface area contributed by atoms with E-state index in [4.69, 9.17) is 4.74 Å². The Morgan fingerprint density at radius 3 is 2.86 bits per heavy atom. The number of hydrogen-bond donors (Lipinski definition) is 1. The van der Waals surface area contributed by atoms with Gasteiger partial charge in [-0.25, -0.2) is 9.97 Å². The van der Waals surface area contributed by atoms with Gasteiger partial charge in [-0.15, -0.1) is 0 Å². The number of fused-ring (bicyclic) bond motifs is 1. The van der Waals surface area contributed by atoms with Gasteiger partial charge in [0, 0.05) is 23.6 Å².